The van der Waals surface area contributed by atoms with E-state index in [0.717, 1.165) is 16.4 Å². The summed E-state index contributed by atoms with van der Waals surface area (Å²) in [5, 5.41) is 3.26. The Balaban J connectivity index is 1.36. The van der Waals surface area contributed by atoms with E-state index in [1.807, 2.05) is 35.2 Å². The number of halogens is 1. The first-order valence-electron chi connectivity index (χ1n) is 9.94. The summed E-state index contributed by atoms with van der Waals surface area (Å²) in [5.74, 6) is 0.332. The van der Waals surface area contributed by atoms with Gasteiger partial charge >= 0.3 is 5.97 Å². The SMILES string of the molecule is CCOC(=O)c1ccc(N2CCN(C(=O)c3csc(-c4ccc(Cl)cc4)n3)CC2)nc1. The standard InChI is InChI=1S/C22H21ClN4O3S/c1-2-30-22(29)16-5-8-19(24-13-16)26-9-11-27(12-10-26)21(28)18-14-31-20(25-18)15-3-6-17(23)7-4-15/h3-8,13-14H,2,9-12H2,1H3. The molecule has 0 bridgehead atoms. The first kappa shape index (κ1) is 21.3. The molecule has 1 saturated heterocycles. The van der Waals surface area contributed by atoms with Gasteiger partial charge in [0, 0.05) is 48.3 Å². The predicted octanol–water partition coefficient (Wildman–Crippen LogP) is 4.00. The monoisotopic (exact) mass is 456 g/mol. The maximum absolute atomic E-state index is 12.9. The normalized spacial score (nSPS) is 13.9. The minimum Gasteiger partial charge on any atom is -0.462 e. The molecular weight excluding hydrogens is 436 g/mol. The zero-order valence-electron chi connectivity index (χ0n) is 17.0. The largest absolute Gasteiger partial charge is 0.462 e. The van der Waals surface area contributed by atoms with Crippen molar-refractivity contribution in [1.82, 2.24) is 14.9 Å². The first-order chi connectivity index (χ1) is 15.0. The van der Waals surface area contributed by atoms with E-state index in [2.05, 4.69) is 14.9 Å². The Labute approximate surface area is 189 Å². The number of carbonyl (C=O) groups excluding carboxylic acids is 2. The van der Waals surface area contributed by atoms with Gasteiger partial charge in [0.15, 0.2) is 0 Å². The molecule has 4 rings (SSSR count). The van der Waals surface area contributed by atoms with Crippen molar-refractivity contribution in [2.45, 2.75) is 6.92 Å². The second-order valence-corrected chi connectivity index (χ2v) is 8.24. The van der Waals surface area contributed by atoms with Crippen LogP contribution in [-0.2, 0) is 4.74 Å². The number of rotatable bonds is 5. The number of nitrogens with zero attached hydrogens (tertiary/aromatic N) is 4. The number of amides is 1. The van der Waals surface area contributed by atoms with Crippen molar-refractivity contribution < 1.29 is 14.3 Å². The van der Waals surface area contributed by atoms with Crippen LogP contribution < -0.4 is 4.90 Å². The summed E-state index contributed by atoms with van der Waals surface area (Å²) in [7, 11) is 0. The average molecular weight is 457 g/mol. The zero-order chi connectivity index (χ0) is 21.8. The third kappa shape index (κ3) is 4.86. The molecule has 3 aromatic rings. The number of benzene rings is 1. The third-order valence-corrected chi connectivity index (χ3v) is 6.11. The Morgan fingerprint density at radius 3 is 2.48 bits per heavy atom. The van der Waals surface area contributed by atoms with Gasteiger partial charge in [-0.2, -0.15) is 0 Å². The molecule has 1 aliphatic heterocycles. The lowest BCUT2D eigenvalue weighted by Crippen LogP contribution is -2.49. The van der Waals surface area contributed by atoms with Gasteiger partial charge in [0.05, 0.1) is 12.2 Å². The number of thiazole rings is 1. The summed E-state index contributed by atoms with van der Waals surface area (Å²) in [6.07, 6.45) is 1.53. The van der Waals surface area contributed by atoms with Gasteiger partial charge in [0.2, 0.25) is 0 Å². The molecule has 1 fully saturated rings. The van der Waals surface area contributed by atoms with Crippen molar-refractivity contribution in [2.75, 3.05) is 37.7 Å². The Kier molecular flexibility index (Phi) is 6.48. The van der Waals surface area contributed by atoms with Crippen molar-refractivity contribution in [1.29, 1.82) is 0 Å². The third-order valence-electron chi connectivity index (χ3n) is 4.96. The zero-order valence-corrected chi connectivity index (χ0v) is 18.5. The number of ether oxygens (including phenoxy) is 1. The van der Waals surface area contributed by atoms with Crippen LogP contribution in [0.2, 0.25) is 5.02 Å². The van der Waals surface area contributed by atoms with Crippen LogP contribution in [0.1, 0.15) is 27.8 Å². The summed E-state index contributed by atoms with van der Waals surface area (Å²) in [6, 6.07) is 10.9. The molecule has 7 nitrogen and oxygen atoms in total. The van der Waals surface area contributed by atoms with Crippen LogP contribution in [0.3, 0.4) is 0 Å². The van der Waals surface area contributed by atoms with Crippen LogP contribution in [0, 0.1) is 0 Å². The van der Waals surface area contributed by atoms with Crippen LogP contribution in [0.15, 0.2) is 48.0 Å². The van der Waals surface area contributed by atoms with E-state index < -0.39 is 0 Å². The summed E-state index contributed by atoms with van der Waals surface area (Å²) in [4.78, 5) is 37.4. The van der Waals surface area contributed by atoms with Crippen LogP contribution in [0.4, 0.5) is 5.82 Å². The molecule has 0 unspecified atom stereocenters. The van der Waals surface area contributed by atoms with Crippen LogP contribution in [0.5, 0.6) is 0 Å². The fourth-order valence-electron chi connectivity index (χ4n) is 3.31. The van der Waals surface area contributed by atoms with Gasteiger partial charge < -0.3 is 14.5 Å². The second kappa shape index (κ2) is 9.45. The molecule has 0 radical (unpaired) electrons. The topological polar surface area (TPSA) is 75.6 Å². The number of hydrogen-bond acceptors (Lipinski definition) is 7. The summed E-state index contributed by atoms with van der Waals surface area (Å²) >= 11 is 7.39. The highest BCUT2D eigenvalue weighted by molar-refractivity contribution is 7.13. The number of aromatic nitrogens is 2. The van der Waals surface area contributed by atoms with Gasteiger partial charge in [0.25, 0.3) is 5.91 Å². The smallest absolute Gasteiger partial charge is 0.339 e. The highest BCUT2D eigenvalue weighted by Crippen LogP contribution is 2.26. The Morgan fingerprint density at radius 2 is 1.84 bits per heavy atom. The second-order valence-electron chi connectivity index (χ2n) is 6.95. The maximum atomic E-state index is 12.9. The molecule has 1 aromatic carbocycles. The van der Waals surface area contributed by atoms with E-state index in [1.165, 1.54) is 17.5 Å². The van der Waals surface area contributed by atoms with Gasteiger partial charge in [0.1, 0.15) is 16.5 Å². The molecule has 160 valence electrons. The van der Waals surface area contributed by atoms with E-state index >= 15 is 0 Å². The van der Waals surface area contributed by atoms with Gasteiger partial charge in [-0.1, -0.05) is 23.7 Å². The van der Waals surface area contributed by atoms with Crippen molar-refractivity contribution in [2.24, 2.45) is 0 Å². The number of carbonyl (C=O) groups is 2. The van der Waals surface area contributed by atoms with Crippen molar-refractivity contribution in [3.63, 3.8) is 0 Å². The minimum absolute atomic E-state index is 0.0678. The Bertz CT molecular complexity index is 1060. The van der Waals surface area contributed by atoms with E-state index in [0.29, 0.717) is 49.1 Å². The van der Waals surface area contributed by atoms with Gasteiger partial charge in [-0.25, -0.2) is 14.8 Å². The molecule has 31 heavy (non-hydrogen) atoms. The lowest BCUT2D eigenvalue weighted by molar-refractivity contribution is 0.0525. The fourth-order valence-corrected chi connectivity index (χ4v) is 4.23. The Morgan fingerprint density at radius 1 is 1.10 bits per heavy atom. The number of hydrogen-bond donors (Lipinski definition) is 0. The molecular formula is C22H21ClN4O3S. The summed E-state index contributed by atoms with van der Waals surface area (Å²) < 4.78 is 4.98. The molecule has 0 atom stereocenters. The lowest BCUT2D eigenvalue weighted by atomic mass is 10.2. The molecule has 3 heterocycles. The molecule has 9 heteroatoms. The van der Waals surface area contributed by atoms with Crippen molar-refractivity contribution in [3.8, 4) is 10.6 Å². The highest BCUT2D eigenvalue weighted by atomic mass is 35.5. The molecule has 0 spiro atoms. The average Bonchev–Trinajstić information content (AvgIpc) is 3.30. The van der Waals surface area contributed by atoms with E-state index in [-0.39, 0.29) is 11.9 Å². The van der Waals surface area contributed by atoms with Gasteiger partial charge in [-0.15, -0.1) is 11.3 Å². The highest BCUT2D eigenvalue weighted by Gasteiger charge is 2.25. The number of esters is 1. The minimum atomic E-state index is -0.377. The van der Waals surface area contributed by atoms with Crippen molar-refractivity contribution >= 4 is 40.6 Å². The summed E-state index contributed by atoms with van der Waals surface area (Å²) in [6.45, 7) is 4.57. The quantitative estimate of drug-likeness (QED) is 0.540. The van der Waals surface area contributed by atoms with Gasteiger partial charge in [-0.3, -0.25) is 4.79 Å². The van der Waals surface area contributed by atoms with Gasteiger partial charge in [-0.05, 0) is 31.2 Å². The lowest BCUT2D eigenvalue weighted by Gasteiger charge is -2.35. The molecule has 0 aliphatic carbocycles. The van der Waals surface area contributed by atoms with Crippen LogP contribution in [-0.4, -0.2) is 59.5 Å². The molecule has 1 aliphatic rings. The molecule has 0 N–H and O–H groups in total. The van der Waals surface area contributed by atoms with E-state index in [4.69, 9.17) is 16.3 Å². The molecule has 2 aromatic heterocycles. The fraction of sp³-hybridized carbons (Fsp3) is 0.273. The summed E-state index contributed by atoms with van der Waals surface area (Å²) in [5.41, 5.74) is 1.83. The Hall–Kier alpha value is -2.97. The van der Waals surface area contributed by atoms with Crippen LogP contribution in [0.25, 0.3) is 10.6 Å². The van der Waals surface area contributed by atoms with E-state index in [1.54, 1.807) is 18.4 Å². The number of pyridine rings is 1. The van der Waals surface area contributed by atoms with Crippen LogP contribution >= 0.6 is 22.9 Å². The first-order valence-corrected chi connectivity index (χ1v) is 11.2. The molecule has 1 amide bonds. The number of piperazine rings is 1. The maximum Gasteiger partial charge on any atom is 0.339 e. The van der Waals surface area contributed by atoms with Crippen molar-refractivity contribution in [3.05, 3.63) is 64.3 Å². The molecule has 0 saturated carbocycles. The predicted molar refractivity (Wildman–Crippen MR) is 121 cm³/mol. The number of anilines is 1. The van der Waals surface area contributed by atoms with E-state index in [9.17, 15) is 9.59 Å².